The first-order chi connectivity index (χ1) is 14.1. The molecule has 3 heterocycles. The first-order valence-electron chi connectivity index (χ1n) is 9.95. The van der Waals surface area contributed by atoms with Crippen LogP contribution in [0.3, 0.4) is 0 Å². The number of morpholine rings is 1. The summed E-state index contributed by atoms with van der Waals surface area (Å²) in [6.45, 7) is 7.38. The molecule has 1 aliphatic heterocycles. The largest absolute Gasteiger partial charge is 0.373 e. The molecule has 29 heavy (non-hydrogen) atoms. The molecule has 2 aromatic heterocycles. The molecule has 1 fully saturated rings. The zero-order chi connectivity index (χ0) is 20.2. The fourth-order valence-electron chi connectivity index (χ4n) is 3.74. The maximum absolute atomic E-state index is 13.0. The van der Waals surface area contributed by atoms with Gasteiger partial charge in [0.15, 0.2) is 0 Å². The molecule has 0 bridgehead atoms. The molecule has 0 saturated carbocycles. The summed E-state index contributed by atoms with van der Waals surface area (Å²) in [5.41, 5.74) is 2.25. The number of thiophene rings is 1. The van der Waals surface area contributed by atoms with E-state index in [1.807, 2.05) is 54.0 Å². The van der Waals surface area contributed by atoms with Crippen molar-refractivity contribution in [3.8, 4) is 16.3 Å². The minimum absolute atomic E-state index is 0.0927. The van der Waals surface area contributed by atoms with E-state index < -0.39 is 0 Å². The highest BCUT2D eigenvalue weighted by molar-refractivity contribution is 7.13. The third kappa shape index (κ3) is 4.75. The summed E-state index contributed by atoms with van der Waals surface area (Å²) in [5.74, 6) is -0.0927. The van der Waals surface area contributed by atoms with Crippen LogP contribution in [0.5, 0.6) is 0 Å². The van der Waals surface area contributed by atoms with Crippen molar-refractivity contribution in [1.82, 2.24) is 20.0 Å². The number of nitrogens with zero attached hydrogens (tertiary/aromatic N) is 3. The van der Waals surface area contributed by atoms with Gasteiger partial charge in [-0.2, -0.15) is 5.10 Å². The summed E-state index contributed by atoms with van der Waals surface area (Å²) >= 11 is 1.59. The molecule has 1 saturated heterocycles. The zero-order valence-electron chi connectivity index (χ0n) is 16.7. The molecule has 6 nitrogen and oxygen atoms in total. The number of benzene rings is 1. The Bertz CT molecular complexity index is 929. The van der Waals surface area contributed by atoms with Gasteiger partial charge in [-0.3, -0.25) is 9.69 Å². The molecule has 1 aromatic carbocycles. The van der Waals surface area contributed by atoms with Crippen molar-refractivity contribution < 1.29 is 9.53 Å². The maximum Gasteiger partial charge on any atom is 0.255 e. The quantitative estimate of drug-likeness (QED) is 0.676. The van der Waals surface area contributed by atoms with Gasteiger partial charge in [-0.15, -0.1) is 11.3 Å². The van der Waals surface area contributed by atoms with Crippen molar-refractivity contribution >= 4 is 17.2 Å². The number of amides is 1. The van der Waals surface area contributed by atoms with Crippen LogP contribution < -0.4 is 5.32 Å². The van der Waals surface area contributed by atoms with Crippen molar-refractivity contribution in [1.29, 1.82) is 0 Å². The van der Waals surface area contributed by atoms with Gasteiger partial charge in [0.2, 0.25) is 0 Å². The fourth-order valence-corrected chi connectivity index (χ4v) is 4.46. The number of carbonyl (C=O) groups excluding carboxylic acids is 1. The molecule has 7 heteroatoms. The lowest BCUT2D eigenvalue weighted by Crippen LogP contribution is -2.47. The molecule has 1 N–H and O–H groups in total. The molecule has 0 aliphatic carbocycles. The Morgan fingerprint density at radius 2 is 1.93 bits per heavy atom. The summed E-state index contributed by atoms with van der Waals surface area (Å²) in [7, 11) is 0. The molecule has 3 aromatic rings. The van der Waals surface area contributed by atoms with Gasteiger partial charge in [0, 0.05) is 32.4 Å². The van der Waals surface area contributed by atoms with Gasteiger partial charge in [0.1, 0.15) is 5.69 Å². The van der Waals surface area contributed by atoms with Crippen LogP contribution in [-0.2, 0) is 4.74 Å². The van der Waals surface area contributed by atoms with E-state index in [2.05, 4.69) is 24.1 Å². The Morgan fingerprint density at radius 1 is 1.17 bits per heavy atom. The highest BCUT2D eigenvalue weighted by Gasteiger charge is 2.23. The van der Waals surface area contributed by atoms with E-state index in [9.17, 15) is 4.79 Å². The average molecular weight is 411 g/mol. The molecule has 4 rings (SSSR count). The van der Waals surface area contributed by atoms with E-state index in [1.165, 1.54) is 0 Å². The Hall–Kier alpha value is -2.48. The smallest absolute Gasteiger partial charge is 0.255 e. The molecular formula is C22H26N4O2S. The van der Waals surface area contributed by atoms with Gasteiger partial charge < -0.3 is 10.1 Å². The molecule has 0 spiro atoms. The first-order valence-corrected chi connectivity index (χ1v) is 10.8. The number of rotatable bonds is 6. The van der Waals surface area contributed by atoms with Gasteiger partial charge in [0.05, 0.1) is 28.3 Å². The molecule has 1 amide bonds. The number of hydrogen-bond acceptors (Lipinski definition) is 5. The van der Waals surface area contributed by atoms with Gasteiger partial charge in [-0.1, -0.05) is 24.3 Å². The fraction of sp³-hybridized carbons (Fsp3) is 0.364. The van der Waals surface area contributed by atoms with E-state index in [4.69, 9.17) is 9.84 Å². The second-order valence-electron chi connectivity index (χ2n) is 7.42. The molecule has 1 aliphatic rings. The highest BCUT2D eigenvalue weighted by Crippen LogP contribution is 2.27. The lowest BCUT2D eigenvalue weighted by atomic mass is 10.2. The number of ether oxygens (including phenoxy) is 1. The van der Waals surface area contributed by atoms with Crippen molar-refractivity contribution in [3.63, 3.8) is 0 Å². The minimum Gasteiger partial charge on any atom is -0.373 e. The number of carbonyl (C=O) groups is 1. The van der Waals surface area contributed by atoms with Crippen molar-refractivity contribution in [2.45, 2.75) is 26.1 Å². The van der Waals surface area contributed by atoms with Crippen LogP contribution >= 0.6 is 11.3 Å². The lowest BCUT2D eigenvalue weighted by molar-refractivity contribution is -0.0672. The molecule has 152 valence electrons. The van der Waals surface area contributed by atoms with Crippen LogP contribution in [0.2, 0.25) is 0 Å². The van der Waals surface area contributed by atoms with Crippen LogP contribution in [0.4, 0.5) is 0 Å². The van der Waals surface area contributed by atoms with Crippen molar-refractivity contribution in [2.24, 2.45) is 0 Å². The first kappa shape index (κ1) is 19.8. The Kier molecular flexibility index (Phi) is 6.08. The maximum atomic E-state index is 13.0. The van der Waals surface area contributed by atoms with Crippen molar-refractivity contribution in [2.75, 3.05) is 26.2 Å². The molecular weight excluding hydrogens is 384 g/mol. The van der Waals surface area contributed by atoms with Gasteiger partial charge >= 0.3 is 0 Å². The summed E-state index contributed by atoms with van der Waals surface area (Å²) < 4.78 is 7.55. The number of aromatic nitrogens is 2. The molecule has 2 atom stereocenters. The van der Waals surface area contributed by atoms with Crippen LogP contribution in [0.15, 0.2) is 54.0 Å². The van der Waals surface area contributed by atoms with Crippen LogP contribution in [0, 0.1) is 0 Å². The third-order valence-electron chi connectivity index (χ3n) is 4.94. The normalized spacial score (nSPS) is 19.9. The van der Waals surface area contributed by atoms with E-state index in [0.717, 1.165) is 35.9 Å². The summed E-state index contributed by atoms with van der Waals surface area (Å²) in [6.07, 6.45) is 2.27. The number of hydrogen-bond donors (Lipinski definition) is 1. The van der Waals surface area contributed by atoms with E-state index in [1.54, 1.807) is 16.0 Å². The van der Waals surface area contributed by atoms with E-state index >= 15 is 0 Å². The highest BCUT2D eigenvalue weighted by atomic mass is 32.1. The van der Waals surface area contributed by atoms with Crippen LogP contribution in [0.25, 0.3) is 16.3 Å². The Morgan fingerprint density at radius 3 is 2.62 bits per heavy atom. The molecule has 2 unspecified atom stereocenters. The van der Waals surface area contributed by atoms with Gasteiger partial charge in [-0.05, 0) is 37.4 Å². The van der Waals surface area contributed by atoms with Crippen molar-refractivity contribution in [3.05, 3.63) is 59.6 Å². The summed E-state index contributed by atoms with van der Waals surface area (Å²) in [6, 6.07) is 13.8. The Labute approximate surface area is 175 Å². The van der Waals surface area contributed by atoms with Gasteiger partial charge in [-0.25, -0.2) is 4.68 Å². The lowest BCUT2D eigenvalue weighted by Gasteiger charge is -2.35. The number of para-hydroxylation sites is 1. The summed E-state index contributed by atoms with van der Waals surface area (Å²) in [4.78, 5) is 16.3. The predicted octanol–water partition coefficient (Wildman–Crippen LogP) is 3.44. The average Bonchev–Trinajstić information content (AvgIpc) is 3.37. The monoisotopic (exact) mass is 410 g/mol. The zero-order valence-corrected chi connectivity index (χ0v) is 17.6. The topological polar surface area (TPSA) is 59.4 Å². The van der Waals surface area contributed by atoms with E-state index in [-0.39, 0.29) is 18.1 Å². The Balaban J connectivity index is 1.48. The predicted molar refractivity (Wildman–Crippen MR) is 116 cm³/mol. The SMILES string of the molecule is CC1CN(CCNC(=O)c2cn(-c3ccccc3)nc2-c2cccs2)CC(C)O1. The number of nitrogens with one attached hydrogen (secondary N) is 1. The second-order valence-corrected chi connectivity index (χ2v) is 8.37. The second kappa shape index (κ2) is 8.90. The van der Waals surface area contributed by atoms with E-state index in [0.29, 0.717) is 12.1 Å². The molecule has 0 radical (unpaired) electrons. The van der Waals surface area contributed by atoms with Crippen LogP contribution in [-0.4, -0.2) is 59.0 Å². The minimum atomic E-state index is -0.0927. The standard InChI is InChI=1S/C22H26N4O2S/c1-16-13-25(14-17(2)28-16)11-10-23-22(27)19-15-26(18-7-4-3-5-8-18)24-21(19)20-9-6-12-29-20/h3-9,12,15-17H,10-11,13-14H2,1-2H3,(H,23,27). The summed E-state index contributed by atoms with van der Waals surface area (Å²) in [5, 5.41) is 9.77. The third-order valence-corrected chi connectivity index (χ3v) is 5.82. The van der Waals surface area contributed by atoms with Gasteiger partial charge in [0.25, 0.3) is 5.91 Å². The van der Waals surface area contributed by atoms with Crippen LogP contribution in [0.1, 0.15) is 24.2 Å².